The molecule has 0 aromatic heterocycles. The summed E-state index contributed by atoms with van der Waals surface area (Å²) in [7, 11) is -2.81. The van der Waals surface area contributed by atoms with Crippen LogP contribution in [0.5, 0.6) is 0 Å². The fourth-order valence-corrected chi connectivity index (χ4v) is 3.11. The topological polar surface area (TPSA) is 74.7 Å². The maximum atomic E-state index is 11.2. The maximum Gasteiger partial charge on any atom is 0.303 e. The molecule has 1 atom stereocenters. The molecule has 0 amide bonds. The second-order valence-electron chi connectivity index (χ2n) is 4.49. The Labute approximate surface area is 96.4 Å². The summed E-state index contributed by atoms with van der Waals surface area (Å²) in [5.41, 5.74) is 0. The molecule has 0 spiro atoms. The van der Waals surface area contributed by atoms with Crippen molar-refractivity contribution in [2.45, 2.75) is 19.8 Å². The van der Waals surface area contributed by atoms with Gasteiger partial charge < -0.3 is 10.0 Å². The Balaban J connectivity index is 2.25. The molecule has 0 aromatic carbocycles. The molecule has 16 heavy (non-hydrogen) atoms. The second-order valence-corrected chi connectivity index (χ2v) is 6.79. The van der Waals surface area contributed by atoms with Crippen LogP contribution in [0.3, 0.4) is 0 Å². The summed E-state index contributed by atoms with van der Waals surface area (Å²) in [6, 6.07) is 0. The van der Waals surface area contributed by atoms with E-state index in [1.165, 1.54) is 0 Å². The molecule has 1 N–H and O–H groups in total. The van der Waals surface area contributed by atoms with E-state index in [9.17, 15) is 13.2 Å². The van der Waals surface area contributed by atoms with Gasteiger partial charge in [0.25, 0.3) is 0 Å². The summed E-state index contributed by atoms with van der Waals surface area (Å²) in [5, 5.41) is 8.54. The number of hydrogen-bond acceptors (Lipinski definition) is 4. The smallest absolute Gasteiger partial charge is 0.303 e. The molecule has 1 rings (SSSR count). The molecular formula is C10H19NO4S. The van der Waals surface area contributed by atoms with Gasteiger partial charge in [0.05, 0.1) is 11.5 Å². The van der Waals surface area contributed by atoms with Crippen molar-refractivity contribution < 1.29 is 18.3 Å². The van der Waals surface area contributed by atoms with Gasteiger partial charge in [0.15, 0.2) is 9.84 Å². The molecule has 1 saturated heterocycles. The van der Waals surface area contributed by atoms with Gasteiger partial charge in [-0.25, -0.2) is 8.42 Å². The fourth-order valence-electron chi connectivity index (χ4n) is 1.83. The molecule has 0 bridgehead atoms. The number of hydrogen-bond donors (Lipinski definition) is 1. The summed E-state index contributed by atoms with van der Waals surface area (Å²) < 4.78 is 22.4. The zero-order valence-electron chi connectivity index (χ0n) is 9.55. The third-order valence-corrected chi connectivity index (χ3v) is 4.47. The van der Waals surface area contributed by atoms with Crippen LogP contribution < -0.4 is 0 Å². The molecule has 94 valence electrons. The van der Waals surface area contributed by atoms with Crippen molar-refractivity contribution in [1.29, 1.82) is 0 Å². The van der Waals surface area contributed by atoms with E-state index < -0.39 is 15.8 Å². The number of aliphatic carboxylic acids is 1. The predicted molar refractivity (Wildman–Crippen MR) is 61.1 cm³/mol. The van der Waals surface area contributed by atoms with Crippen molar-refractivity contribution in [3.8, 4) is 0 Å². The van der Waals surface area contributed by atoms with E-state index in [0.29, 0.717) is 25.4 Å². The molecule has 5 nitrogen and oxygen atoms in total. The summed E-state index contributed by atoms with van der Waals surface area (Å²) >= 11 is 0. The van der Waals surface area contributed by atoms with Crippen LogP contribution in [0.4, 0.5) is 0 Å². The van der Waals surface area contributed by atoms with Crippen molar-refractivity contribution in [2.24, 2.45) is 5.92 Å². The summed E-state index contributed by atoms with van der Waals surface area (Å²) in [6.45, 7) is 3.97. The van der Waals surface area contributed by atoms with E-state index in [1.807, 2.05) is 6.92 Å². The van der Waals surface area contributed by atoms with E-state index in [-0.39, 0.29) is 17.9 Å². The molecule has 1 heterocycles. The average molecular weight is 249 g/mol. The van der Waals surface area contributed by atoms with Crippen molar-refractivity contribution in [3.63, 3.8) is 0 Å². The molecule has 0 aromatic rings. The number of carbonyl (C=O) groups is 1. The predicted octanol–water partition coefficient (Wildman–Crippen LogP) is 0.218. The van der Waals surface area contributed by atoms with E-state index in [1.54, 1.807) is 0 Å². The molecule has 1 fully saturated rings. The van der Waals surface area contributed by atoms with Crippen molar-refractivity contribution in [3.05, 3.63) is 0 Å². The molecular weight excluding hydrogens is 230 g/mol. The number of carboxylic acid groups (broad SMARTS) is 1. The molecule has 6 heteroatoms. The van der Waals surface area contributed by atoms with Crippen molar-refractivity contribution >= 4 is 15.8 Å². The van der Waals surface area contributed by atoms with Gasteiger partial charge in [-0.3, -0.25) is 4.79 Å². The Kier molecular flexibility index (Phi) is 4.73. The van der Waals surface area contributed by atoms with Crippen molar-refractivity contribution in [2.75, 3.05) is 31.1 Å². The van der Waals surface area contributed by atoms with Crippen LogP contribution >= 0.6 is 0 Å². The van der Waals surface area contributed by atoms with Gasteiger partial charge in [0.2, 0.25) is 0 Å². The van der Waals surface area contributed by atoms with Crippen LogP contribution in [0.1, 0.15) is 19.8 Å². The van der Waals surface area contributed by atoms with Gasteiger partial charge in [-0.2, -0.15) is 0 Å². The molecule has 0 aliphatic carbocycles. The van der Waals surface area contributed by atoms with E-state index >= 15 is 0 Å². The Morgan fingerprint density at radius 3 is 2.44 bits per heavy atom. The Bertz CT molecular complexity index is 325. The van der Waals surface area contributed by atoms with Gasteiger partial charge >= 0.3 is 5.97 Å². The normalized spacial score (nSPS) is 22.8. The standard InChI is InChI=1S/C10H19NO4S/c1-9(2-3-10(12)13)8-11-4-6-16(14,15)7-5-11/h9H,2-8H2,1H3,(H,12,13). The van der Waals surface area contributed by atoms with Gasteiger partial charge in [0.1, 0.15) is 0 Å². The van der Waals surface area contributed by atoms with Crippen molar-refractivity contribution in [1.82, 2.24) is 4.90 Å². The van der Waals surface area contributed by atoms with Gasteiger partial charge in [-0.05, 0) is 12.3 Å². The SMILES string of the molecule is CC(CCC(=O)O)CN1CCS(=O)(=O)CC1. The minimum absolute atomic E-state index is 0.188. The molecule has 1 aliphatic heterocycles. The van der Waals surface area contributed by atoms with Gasteiger partial charge in [0, 0.05) is 26.1 Å². The Morgan fingerprint density at radius 2 is 1.94 bits per heavy atom. The zero-order chi connectivity index (χ0) is 12.2. The average Bonchev–Trinajstić information content (AvgIpc) is 2.18. The number of carboxylic acids is 1. The first kappa shape index (κ1) is 13.4. The monoisotopic (exact) mass is 249 g/mol. The molecule has 1 unspecified atom stereocenters. The quantitative estimate of drug-likeness (QED) is 0.754. The number of nitrogens with zero attached hydrogens (tertiary/aromatic N) is 1. The van der Waals surface area contributed by atoms with Crippen LogP contribution in [0.2, 0.25) is 0 Å². The lowest BCUT2D eigenvalue weighted by molar-refractivity contribution is -0.137. The van der Waals surface area contributed by atoms with E-state index in [0.717, 1.165) is 6.54 Å². The molecule has 0 radical (unpaired) electrons. The second kappa shape index (κ2) is 5.63. The van der Waals surface area contributed by atoms with Crippen LogP contribution in [-0.4, -0.2) is 55.5 Å². The zero-order valence-corrected chi connectivity index (χ0v) is 10.4. The lowest BCUT2D eigenvalue weighted by Gasteiger charge is -2.28. The van der Waals surface area contributed by atoms with Crippen LogP contribution in [0.15, 0.2) is 0 Å². The fraction of sp³-hybridized carbons (Fsp3) is 0.900. The molecule has 0 saturated carbocycles. The van der Waals surface area contributed by atoms with E-state index in [4.69, 9.17) is 5.11 Å². The first-order chi connectivity index (χ1) is 7.39. The summed E-state index contributed by atoms with van der Waals surface area (Å²) in [4.78, 5) is 12.5. The van der Waals surface area contributed by atoms with E-state index in [2.05, 4.69) is 4.90 Å². The third-order valence-electron chi connectivity index (χ3n) is 2.86. The van der Waals surface area contributed by atoms with Crippen LogP contribution in [0, 0.1) is 5.92 Å². The maximum absolute atomic E-state index is 11.2. The first-order valence-electron chi connectivity index (χ1n) is 5.53. The van der Waals surface area contributed by atoms with Gasteiger partial charge in [-0.1, -0.05) is 6.92 Å². The minimum Gasteiger partial charge on any atom is -0.481 e. The highest BCUT2D eigenvalue weighted by molar-refractivity contribution is 7.91. The lowest BCUT2D eigenvalue weighted by atomic mass is 10.1. The Hall–Kier alpha value is -0.620. The molecule has 1 aliphatic rings. The highest BCUT2D eigenvalue weighted by Gasteiger charge is 2.22. The number of sulfone groups is 1. The van der Waals surface area contributed by atoms with Crippen LogP contribution in [0.25, 0.3) is 0 Å². The van der Waals surface area contributed by atoms with Crippen LogP contribution in [-0.2, 0) is 14.6 Å². The minimum atomic E-state index is -2.81. The highest BCUT2D eigenvalue weighted by atomic mass is 32.2. The third kappa shape index (κ3) is 4.94. The Morgan fingerprint density at radius 1 is 1.38 bits per heavy atom. The summed E-state index contributed by atoms with van der Waals surface area (Å²) in [5.74, 6) is 0.00193. The number of rotatable bonds is 5. The lowest BCUT2D eigenvalue weighted by Crippen LogP contribution is -2.42. The van der Waals surface area contributed by atoms with Gasteiger partial charge in [-0.15, -0.1) is 0 Å². The first-order valence-corrected chi connectivity index (χ1v) is 7.36. The summed E-state index contributed by atoms with van der Waals surface area (Å²) in [6.07, 6.45) is 0.839. The highest BCUT2D eigenvalue weighted by Crippen LogP contribution is 2.11. The largest absolute Gasteiger partial charge is 0.481 e.